The van der Waals surface area contributed by atoms with Gasteiger partial charge in [0.05, 0.1) is 7.11 Å². The van der Waals surface area contributed by atoms with Crippen LogP contribution in [0.5, 0.6) is 5.75 Å². The molecule has 0 aliphatic heterocycles. The number of rotatable bonds is 5. The number of ether oxygens (including phenoxy) is 1. The van der Waals surface area contributed by atoms with Crippen molar-refractivity contribution in [1.29, 1.82) is 0 Å². The minimum absolute atomic E-state index is 0.352. The highest BCUT2D eigenvalue weighted by molar-refractivity contribution is 8.00. The molecule has 0 atom stereocenters. The van der Waals surface area contributed by atoms with Gasteiger partial charge in [-0.05, 0) is 19.1 Å². The van der Waals surface area contributed by atoms with Crippen LogP contribution in [0, 0.1) is 0 Å². The fourth-order valence-corrected chi connectivity index (χ4v) is 2.90. The first-order chi connectivity index (χ1) is 8.21. The lowest BCUT2D eigenvalue weighted by Gasteiger charge is -2.40. The number of hydrogen-bond acceptors (Lipinski definition) is 6. The third-order valence-corrected chi connectivity index (χ3v) is 4.73. The second kappa shape index (κ2) is 5.00. The smallest absolute Gasteiger partial charge is 0.203 e. The molecule has 0 saturated heterocycles. The summed E-state index contributed by atoms with van der Waals surface area (Å²) in [5, 5.41) is 3.32. The number of nitrogen functional groups attached to an aromatic ring is 1. The molecule has 1 saturated carbocycles. The van der Waals surface area contributed by atoms with Crippen molar-refractivity contribution in [3.63, 3.8) is 0 Å². The van der Waals surface area contributed by atoms with E-state index in [2.05, 4.69) is 21.5 Å². The Bertz CT molecular complexity index is 390. The number of nitrogens with two attached hydrogens (primary N) is 1. The predicted octanol–water partition coefficient (Wildman–Crippen LogP) is 1.77. The van der Waals surface area contributed by atoms with Gasteiger partial charge in [-0.25, -0.2) is 9.97 Å². The first-order valence-electron chi connectivity index (χ1n) is 5.64. The average Bonchev–Trinajstić information content (AvgIpc) is 2.28. The Balaban J connectivity index is 2.06. The van der Waals surface area contributed by atoms with E-state index in [0.717, 1.165) is 6.54 Å². The maximum Gasteiger partial charge on any atom is 0.203 e. The van der Waals surface area contributed by atoms with Gasteiger partial charge < -0.3 is 15.8 Å². The van der Waals surface area contributed by atoms with Crippen molar-refractivity contribution >= 4 is 23.4 Å². The van der Waals surface area contributed by atoms with E-state index in [4.69, 9.17) is 10.5 Å². The molecular formula is C11H18N4OS. The Morgan fingerprint density at radius 3 is 2.82 bits per heavy atom. The zero-order valence-electron chi connectivity index (χ0n) is 10.2. The highest BCUT2D eigenvalue weighted by Crippen LogP contribution is 2.43. The Labute approximate surface area is 106 Å². The monoisotopic (exact) mass is 254 g/mol. The predicted molar refractivity (Wildman–Crippen MR) is 71.6 cm³/mol. The maximum atomic E-state index is 5.73. The molecule has 0 spiro atoms. The van der Waals surface area contributed by atoms with Crippen LogP contribution >= 0.6 is 11.8 Å². The van der Waals surface area contributed by atoms with E-state index in [9.17, 15) is 0 Å². The van der Waals surface area contributed by atoms with Gasteiger partial charge in [-0.2, -0.15) is 11.8 Å². The number of aromatic nitrogens is 2. The molecule has 6 heteroatoms. The lowest BCUT2D eigenvalue weighted by molar-refractivity contribution is 0.377. The molecule has 1 fully saturated rings. The van der Waals surface area contributed by atoms with Crippen molar-refractivity contribution in [2.24, 2.45) is 0 Å². The summed E-state index contributed by atoms with van der Waals surface area (Å²) in [7, 11) is 1.58. The molecule has 0 amide bonds. The van der Waals surface area contributed by atoms with Crippen LogP contribution in [-0.2, 0) is 0 Å². The van der Waals surface area contributed by atoms with Crippen LogP contribution in [0.4, 0.5) is 11.6 Å². The molecule has 1 aromatic heterocycles. The summed E-state index contributed by atoms with van der Waals surface area (Å²) in [5.41, 5.74) is 5.73. The van der Waals surface area contributed by atoms with Gasteiger partial charge in [-0.1, -0.05) is 6.42 Å². The Morgan fingerprint density at radius 2 is 2.29 bits per heavy atom. The van der Waals surface area contributed by atoms with Crippen LogP contribution in [0.2, 0.25) is 0 Å². The van der Waals surface area contributed by atoms with Crippen molar-refractivity contribution in [2.45, 2.75) is 24.0 Å². The summed E-state index contributed by atoms with van der Waals surface area (Å²) >= 11 is 1.92. The molecule has 0 radical (unpaired) electrons. The van der Waals surface area contributed by atoms with E-state index in [1.54, 1.807) is 7.11 Å². The Hall–Kier alpha value is -1.17. The van der Waals surface area contributed by atoms with Gasteiger partial charge >= 0.3 is 0 Å². The first kappa shape index (κ1) is 12.3. The fraction of sp³-hybridized carbons (Fsp3) is 0.636. The highest BCUT2D eigenvalue weighted by Gasteiger charge is 2.36. The third kappa shape index (κ3) is 2.41. The van der Waals surface area contributed by atoms with Crippen molar-refractivity contribution in [1.82, 2.24) is 9.97 Å². The van der Waals surface area contributed by atoms with Gasteiger partial charge in [-0.3, -0.25) is 0 Å². The fourth-order valence-electron chi connectivity index (χ4n) is 1.98. The molecule has 17 heavy (non-hydrogen) atoms. The lowest BCUT2D eigenvalue weighted by Crippen LogP contribution is -2.40. The number of nitrogens with one attached hydrogen (secondary N) is 1. The van der Waals surface area contributed by atoms with Crippen molar-refractivity contribution in [3.05, 3.63) is 6.33 Å². The molecule has 0 bridgehead atoms. The number of anilines is 2. The van der Waals surface area contributed by atoms with Crippen molar-refractivity contribution < 1.29 is 4.74 Å². The quantitative estimate of drug-likeness (QED) is 0.834. The van der Waals surface area contributed by atoms with Gasteiger partial charge in [0, 0.05) is 11.3 Å². The van der Waals surface area contributed by atoms with Crippen molar-refractivity contribution in [2.75, 3.05) is 31.0 Å². The van der Waals surface area contributed by atoms with Gasteiger partial charge in [0.25, 0.3) is 0 Å². The summed E-state index contributed by atoms with van der Waals surface area (Å²) in [6.07, 6.45) is 7.43. The number of methoxy groups -OCH3 is 1. The van der Waals surface area contributed by atoms with Crippen LogP contribution in [0.25, 0.3) is 0 Å². The first-order valence-corrected chi connectivity index (χ1v) is 6.87. The molecular weight excluding hydrogens is 236 g/mol. The van der Waals surface area contributed by atoms with Gasteiger partial charge in [0.15, 0.2) is 11.6 Å². The summed E-state index contributed by atoms with van der Waals surface area (Å²) in [6.45, 7) is 0.890. The molecule has 3 N–H and O–H groups in total. The molecule has 1 aliphatic carbocycles. The van der Waals surface area contributed by atoms with Crippen molar-refractivity contribution in [3.8, 4) is 5.75 Å². The minimum atomic E-state index is 0.352. The summed E-state index contributed by atoms with van der Waals surface area (Å²) in [5.74, 6) is 1.58. The molecule has 2 rings (SSSR count). The molecule has 1 heterocycles. The second-order valence-corrected chi connectivity index (χ2v) is 5.51. The zero-order valence-corrected chi connectivity index (χ0v) is 11.0. The van der Waals surface area contributed by atoms with E-state index >= 15 is 0 Å². The van der Waals surface area contributed by atoms with Crippen LogP contribution in [0.1, 0.15) is 19.3 Å². The SMILES string of the molecule is COc1c(N)ncnc1NCC1(SC)CCC1. The van der Waals surface area contributed by atoms with Crippen LogP contribution in [-0.4, -0.2) is 34.6 Å². The number of hydrogen-bond donors (Lipinski definition) is 2. The van der Waals surface area contributed by atoms with E-state index in [1.807, 2.05) is 11.8 Å². The summed E-state index contributed by atoms with van der Waals surface area (Å²) < 4.78 is 5.56. The molecule has 1 aliphatic rings. The molecule has 5 nitrogen and oxygen atoms in total. The largest absolute Gasteiger partial charge is 0.490 e. The molecule has 0 aromatic carbocycles. The molecule has 1 aromatic rings. The average molecular weight is 254 g/mol. The Kier molecular flexibility index (Phi) is 3.61. The summed E-state index contributed by atoms with van der Waals surface area (Å²) in [4.78, 5) is 8.08. The summed E-state index contributed by atoms with van der Waals surface area (Å²) in [6, 6.07) is 0. The zero-order chi connectivity index (χ0) is 12.3. The standard InChI is InChI=1S/C11H18N4OS/c1-16-8-9(12)14-7-15-10(8)13-6-11(17-2)4-3-5-11/h7H,3-6H2,1-2H3,(H3,12,13,14,15). The normalized spacial score (nSPS) is 17.3. The third-order valence-electron chi connectivity index (χ3n) is 3.31. The van der Waals surface area contributed by atoms with E-state index < -0.39 is 0 Å². The minimum Gasteiger partial charge on any atom is -0.490 e. The van der Waals surface area contributed by atoms with E-state index in [1.165, 1.54) is 25.6 Å². The van der Waals surface area contributed by atoms with Crippen LogP contribution in [0.3, 0.4) is 0 Å². The van der Waals surface area contributed by atoms with E-state index in [0.29, 0.717) is 22.1 Å². The highest BCUT2D eigenvalue weighted by atomic mass is 32.2. The number of nitrogens with zero attached hydrogens (tertiary/aromatic N) is 2. The lowest BCUT2D eigenvalue weighted by atomic mass is 9.84. The van der Waals surface area contributed by atoms with Crippen LogP contribution < -0.4 is 15.8 Å². The maximum absolute atomic E-state index is 5.73. The molecule has 94 valence electrons. The number of thioether (sulfide) groups is 1. The van der Waals surface area contributed by atoms with Gasteiger partial charge in [0.1, 0.15) is 6.33 Å². The topological polar surface area (TPSA) is 73.1 Å². The Morgan fingerprint density at radius 1 is 1.53 bits per heavy atom. The molecule has 0 unspecified atom stereocenters. The van der Waals surface area contributed by atoms with Gasteiger partial charge in [0.2, 0.25) is 5.75 Å². The second-order valence-electron chi connectivity index (χ2n) is 4.24. The van der Waals surface area contributed by atoms with Gasteiger partial charge in [-0.15, -0.1) is 0 Å². The van der Waals surface area contributed by atoms with E-state index in [-0.39, 0.29) is 0 Å². The van der Waals surface area contributed by atoms with Crippen LogP contribution in [0.15, 0.2) is 6.33 Å².